The van der Waals surface area contributed by atoms with E-state index in [0.717, 1.165) is 17.1 Å². The second kappa shape index (κ2) is 9.19. The third-order valence-corrected chi connectivity index (χ3v) is 10.4. The lowest BCUT2D eigenvalue weighted by molar-refractivity contribution is 0.487. The number of ether oxygens (including phenoxy) is 1. The van der Waals surface area contributed by atoms with Gasteiger partial charge in [0.2, 0.25) is 0 Å². The molecule has 0 spiro atoms. The second-order valence-corrected chi connectivity index (χ2v) is 13.3. The smallest absolute Gasteiger partial charge is 0.135 e. The molecule has 1 aliphatic carbocycles. The van der Waals surface area contributed by atoms with Crippen molar-refractivity contribution in [2.75, 3.05) is 0 Å². The molecular weight excluding hydrogens is 556 g/mol. The van der Waals surface area contributed by atoms with E-state index in [1.165, 1.54) is 82.4 Å². The van der Waals surface area contributed by atoms with Gasteiger partial charge in [-0.25, -0.2) is 0 Å². The minimum atomic E-state index is -0.115. The fourth-order valence-corrected chi connectivity index (χ4v) is 8.04. The summed E-state index contributed by atoms with van der Waals surface area (Å²) in [5.41, 5.74) is 12.7. The Kier molecular flexibility index (Phi) is 5.12. The predicted octanol–water partition coefficient (Wildman–Crippen LogP) is 12.6. The van der Waals surface area contributed by atoms with Crippen LogP contribution in [0.5, 0.6) is 11.5 Å². The van der Waals surface area contributed by atoms with Crippen molar-refractivity contribution in [1.29, 1.82) is 0 Å². The van der Waals surface area contributed by atoms with Gasteiger partial charge in [0.05, 0.1) is 0 Å². The van der Waals surface area contributed by atoms with E-state index in [1.807, 2.05) is 0 Å². The minimum absolute atomic E-state index is 0.115. The maximum absolute atomic E-state index is 6.39. The van der Waals surface area contributed by atoms with Crippen molar-refractivity contribution in [2.24, 2.45) is 0 Å². The van der Waals surface area contributed by atoms with Gasteiger partial charge in [-0.3, -0.25) is 0 Å². The molecule has 46 heavy (non-hydrogen) atoms. The highest BCUT2D eigenvalue weighted by atomic mass is 16.5. The number of hydrogen-bond acceptors (Lipinski definition) is 1. The summed E-state index contributed by atoms with van der Waals surface area (Å²) < 4.78 is 6.39. The normalized spacial score (nSPS) is 13.8. The summed E-state index contributed by atoms with van der Waals surface area (Å²) >= 11 is 0. The highest BCUT2D eigenvalue weighted by Gasteiger charge is 2.36. The number of hydrogen-bond donors (Lipinski definition) is 0. The Morgan fingerprint density at radius 1 is 0.391 bits per heavy atom. The van der Waals surface area contributed by atoms with Crippen LogP contribution in [0.2, 0.25) is 0 Å². The van der Waals surface area contributed by atoms with Crippen molar-refractivity contribution in [1.82, 2.24) is 0 Å². The summed E-state index contributed by atoms with van der Waals surface area (Å²) in [6.07, 6.45) is 0. The largest absolute Gasteiger partial charge is 0.456 e. The van der Waals surface area contributed by atoms with Crippen LogP contribution in [-0.4, -0.2) is 0 Å². The Morgan fingerprint density at radius 3 is 1.98 bits per heavy atom. The average molecular weight is 587 g/mol. The molecule has 1 nitrogen and oxygen atoms in total. The van der Waals surface area contributed by atoms with Gasteiger partial charge in [-0.2, -0.15) is 0 Å². The van der Waals surface area contributed by atoms with Crippen molar-refractivity contribution in [3.63, 3.8) is 0 Å². The summed E-state index contributed by atoms with van der Waals surface area (Å²) in [5.74, 6) is 1.85. The molecule has 0 N–H and O–H groups in total. The SMILES string of the molecule is CC1(C)c2cc(-c3ccc4c(c3)-c3cccc5cccc(c35)O4)ccc2-c2cc3c(-c4ccc5ccccc5c4)cccc3cc21. The molecule has 8 aromatic rings. The van der Waals surface area contributed by atoms with Crippen LogP contribution in [0.3, 0.4) is 0 Å². The van der Waals surface area contributed by atoms with E-state index in [-0.39, 0.29) is 5.41 Å². The molecule has 1 heterocycles. The molecule has 0 saturated heterocycles. The fraction of sp³-hybridized carbons (Fsp3) is 0.0667. The molecule has 0 unspecified atom stereocenters. The summed E-state index contributed by atoms with van der Waals surface area (Å²) in [4.78, 5) is 0. The van der Waals surface area contributed by atoms with Gasteiger partial charge in [-0.1, -0.05) is 117 Å². The van der Waals surface area contributed by atoms with E-state index < -0.39 is 0 Å². The topological polar surface area (TPSA) is 9.23 Å². The van der Waals surface area contributed by atoms with Crippen LogP contribution in [0.15, 0.2) is 146 Å². The fourth-order valence-electron chi connectivity index (χ4n) is 8.04. The Morgan fingerprint density at radius 2 is 1.09 bits per heavy atom. The van der Waals surface area contributed by atoms with E-state index in [2.05, 4.69) is 159 Å². The van der Waals surface area contributed by atoms with Gasteiger partial charge in [-0.15, -0.1) is 0 Å². The maximum atomic E-state index is 6.39. The van der Waals surface area contributed by atoms with Crippen LogP contribution in [-0.2, 0) is 5.41 Å². The summed E-state index contributed by atoms with van der Waals surface area (Å²) in [6.45, 7) is 4.75. The first-order valence-corrected chi connectivity index (χ1v) is 16.1. The quantitative estimate of drug-likeness (QED) is 0.196. The molecule has 0 bridgehead atoms. The van der Waals surface area contributed by atoms with Gasteiger partial charge in [0.15, 0.2) is 0 Å². The Bertz CT molecular complexity index is 2580. The van der Waals surface area contributed by atoms with Gasteiger partial charge in [0.1, 0.15) is 11.5 Å². The highest BCUT2D eigenvalue weighted by Crippen LogP contribution is 2.52. The number of rotatable bonds is 2. The average Bonchev–Trinajstić information content (AvgIpc) is 3.31. The van der Waals surface area contributed by atoms with E-state index in [9.17, 15) is 0 Å². The van der Waals surface area contributed by atoms with Gasteiger partial charge in [-0.05, 0) is 119 Å². The molecule has 1 aliphatic heterocycles. The van der Waals surface area contributed by atoms with E-state index in [0.29, 0.717) is 0 Å². The molecule has 0 amide bonds. The molecule has 0 fully saturated rings. The summed E-state index contributed by atoms with van der Waals surface area (Å²) in [6, 6.07) is 53.6. The highest BCUT2D eigenvalue weighted by molar-refractivity contribution is 6.05. The van der Waals surface area contributed by atoms with Crippen LogP contribution >= 0.6 is 0 Å². The molecule has 8 aromatic carbocycles. The third kappa shape index (κ3) is 3.57. The summed E-state index contributed by atoms with van der Waals surface area (Å²) in [7, 11) is 0. The molecule has 2 aliphatic rings. The van der Waals surface area contributed by atoms with E-state index in [4.69, 9.17) is 4.74 Å². The molecular formula is C45H30O. The number of benzene rings is 8. The van der Waals surface area contributed by atoms with Crippen LogP contribution in [0.25, 0.3) is 76.8 Å². The molecule has 0 saturated carbocycles. The third-order valence-electron chi connectivity index (χ3n) is 10.4. The van der Waals surface area contributed by atoms with Crippen LogP contribution in [0.1, 0.15) is 25.0 Å². The Labute approximate surface area is 268 Å². The van der Waals surface area contributed by atoms with Gasteiger partial charge >= 0.3 is 0 Å². The maximum Gasteiger partial charge on any atom is 0.135 e. The molecule has 0 radical (unpaired) electrons. The van der Waals surface area contributed by atoms with Crippen LogP contribution in [0, 0.1) is 0 Å². The molecule has 10 rings (SSSR count). The van der Waals surface area contributed by atoms with Gasteiger partial charge in [0, 0.05) is 16.4 Å². The van der Waals surface area contributed by atoms with Crippen molar-refractivity contribution in [3.05, 3.63) is 157 Å². The minimum Gasteiger partial charge on any atom is -0.456 e. The summed E-state index contributed by atoms with van der Waals surface area (Å²) in [5, 5.41) is 7.52. The molecule has 1 heteroatoms. The Balaban J connectivity index is 1.10. The van der Waals surface area contributed by atoms with Gasteiger partial charge in [0.25, 0.3) is 0 Å². The predicted molar refractivity (Wildman–Crippen MR) is 193 cm³/mol. The van der Waals surface area contributed by atoms with Crippen LogP contribution < -0.4 is 4.74 Å². The molecule has 0 atom stereocenters. The van der Waals surface area contributed by atoms with Crippen molar-refractivity contribution in [3.8, 4) is 56.0 Å². The van der Waals surface area contributed by atoms with E-state index in [1.54, 1.807) is 0 Å². The Hall–Kier alpha value is -5.66. The zero-order valence-electron chi connectivity index (χ0n) is 25.8. The lowest BCUT2D eigenvalue weighted by Crippen LogP contribution is -2.15. The first-order valence-electron chi connectivity index (χ1n) is 16.1. The van der Waals surface area contributed by atoms with Crippen molar-refractivity contribution >= 4 is 32.3 Å². The molecule has 216 valence electrons. The zero-order chi connectivity index (χ0) is 30.6. The van der Waals surface area contributed by atoms with Gasteiger partial charge < -0.3 is 4.74 Å². The monoisotopic (exact) mass is 586 g/mol. The van der Waals surface area contributed by atoms with Crippen molar-refractivity contribution in [2.45, 2.75) is 19.3 Å². The first kappa shape index (κ1) is 25.6. The number of fused-ring (bicyclic) bond motifs is 7. The first-order chi connectivity index (χ1) is 22.5. The standard InChI is InChI=1S/C45H30O/c1-45(2)40-24-31(30-19-21-42-39(23-30)36-14-5-10-28-11-7-15-43(46-42)44(28)36)18-20-35(40)38-26-37-32(25-41(38)45)12-6-13-34(37)33-17-16-27-8-3-4-9-29(27)22-33/h3-26H,1-2H3. The molecule has 0 aromatic heterocycles. The lowest BCUT2D eigenvalue weighted by Gasteiger charge is -2.23. The zero-order valence-corrected chi connectivity index (χ0v) is 25.8. The van der Waals surface area contributed by atoms with Crippen LogP contribution in [0.4, 0.5) is 0 Å². The second-order valence-electron chi connectivity index (χ2n) is 13.3. The van der Waals surface area contributed by atoms with E-state index >= 15 is 0 Å². The van der Waals surface area contributed by atoms with Crippen molar-refractivity contribution < 1.29 is 4.74 Å². The lowest BCUT2D eigenvalue weighted by atomic mass is 9.80.